The second-order valence-corrected chi connectivity index (χ2v) is 9.74. The fourth-order valence-electron chi connectivity index (χ4n) is 4.94. The Morgan fingerprint density at radius 2 is 1.62 bits per heavy atom. The van der Waals surface area contributed by atoms with Crippen LogP contribution in [0.5, 0.6) is 0 Å². The van der Waals surface area contributed by atoms with E-state index in [2.05, 4.69) is 27.8 Å². The average molecular weight is 508 g/mol. The van der Waals surface area contributed by atoms with Gasteiger partial charge < -0.3 is 14.4 Å². The normalized spacial score (nSPS) is 13.8. The van der Waals surface area contributed by atoms with E-state index in [1.807, 2.05) is 78.6 Å². The standard InChI is InChI=1S/C30H26ClN5O/c1-21-10-12-23(13-11-21)30(37)35-16-14-34(15-17-35)28-27-26(22-6-3-2-4-7-22)19-36(29(27)33-20-32-28)25-9-5-8-24(31)18-25/h2-13,18-20H,14-17H2,1H3. The number of aryl methyl sites for hydroxylation is 1. The molecule has 3 heterocycles. The fourth-order valence-corrected chi connectivity index (χ4v) is 5.13. The summed E-state index contributed by atoms with van der Waals surface area (Å²) in [6.45, 7) is 4.68. The summed E-state index contributed by atoms with van der Waals surface area (Å²) in [7, 11) is 0. The average Bonchev–Trinajstić information content (AvgIpc) is 3.34. The number of aromatic nitrogens is 3. The number of rotatable bonds is 4. The van der Waals surface area contributed by atoms with Gasteiger partial charge in [0.15, 0.2) is 5.65 Å². The van der Waals surface area contributed by atoms with Gasteiger partial charge in [-0.15, -0.1) is 0 Å². The van der Waals surface area contributed by atoms with Crippen LogP contribution in [-0.2, 0) is 0 Å². The zero-order chi connectivity index (χ0) is 25.4. The van der Waals surface area contributed by atoms with Gasteiger partial charge in [-0.3, -0.25) is 4.79 Å². The highest BCUT2D eigenvalue weighted by Crippen LogP contribution is 2.37. The van der Waals surface area contributed by atoms with Crippen molar-refractivity contribution in [2.45, 2.75) is 6.92 Å². The van der Waals surface area contributed by atoms with E-state index in [0.29, 0.717) is 31.2 Å². The van der Waals surface area contributed by atoms with Crippen LogP contribution in [0.3, 0.4) is 0 Å². The lowest BCUT2D eigenvalue weighted by atomic mass is 10.1. The summed E-state index contributed by atoms with van der Waals surface area (Å²) in [5, 5.41) is 1.66. The smallest absolute Gasteiger partial charge is 0.253 e. The molecule has 2 aromatic heterocycles. The van der Waals surface area contributed by atoms with E-state index in [-0.39, 0.29) is 5.91 Å². The second kappa shape index (κ2) is 9.71. The molecule has 0 bridgehead atoms. The molecule has 1 saturated heterocycles. The quantitative estimate of drug-likeness (QED) is 0.299. The number of halogens is 1. The lowest BCUT2D eigenvalue weighted by molar-refractivity contribution is 0.0746. The summed E-state index contributed by atoms with van der Waals surface area (Å²) in [6.07, 6.45) is 3.73. The largest absolute Gasteiger partial charge is 0.352 e. The highest BCUT2D eigenvalue weighted by atomic mass is 35.5. The molecule has 5 aromatic rings. The minimum atomic E-state index is 0.0737. The molecule has 7 heteroatoms. The first-order chi connectivity index (χ1) is 18.1. The summed E-state index contributed by atoms with van der Waals surface area (Å²) in [5.74, 6) is 0.955. The van der Waals surface area contributed by atoms with E-state index in [9.17, 15) is 4.79 Å². The zero-order valence-electron chi connectivity index (χ0n) is 20.5. The fraction of sp³-hybridized carbons (Fsp3) is 0.167. The molecule has 0 spiro atoms. The summed E-state index contributed by atoms with van der Waals surface area (Å²) in [4.78, 5) is 26.7. The van der Waals surface area contributed by atoms with Gasteiger partial charge in [-0.2, -0.15) is 0 Å². The monoisotopic (exact) mass is 507 g/mol. The maximum atomic E-state index is 13.1. The van der Waals surface area contributed by atoms with Gasteiger partial charge in [-0.25, -0.2) is 9.97 Å². The van der Waals surface area contributed by atoms with Gasteiger partial charge in [0.1, 0.15) is 12.1 Å². The third-order valence-electron chi connectivity index (χ3n) is 6.90. The van der Waals surface area contributed by atoms with Gasteiger partial charge in [-0.05, 0) is 42.8 Å². The Kier molecular flexibility index (Phi) is 6.10. The van der Waals surface area contributed by atoms with Crippen LogP contribution in [0.15, 0.2) is 91.4 Å². The molecule has 1 amide bonds. The van der Waals surface area contributed by atoms with Crippen LogP contribution < -0.4 is 4.90 Å². The lowest BCUT2D eigenvalue weighted by Crippen LogP contribution is -2.49. The minimum absolute atomic E-state index is 0.0737. The number of anilines is 1. The number of carbonyl (C=O) groups is 1. The van der Waals surface area contributed by atoms with Crippen LogP contribution in [0.25, 0.3) is 27.8 Å². The first-order valence-corrected chi connectivity index (χ1v) is 12.7. The van der Waals surface area contributed by atoms with Crippen LogP contribution >= 0.6 is 11.6 Å². The van der Waals surface area contributed by atoms with Crippen molar-refractivity contribution in [3.8, 4) is 16.8 Å². The number of nitrogens with zero attached hydrogens (tertiary/aromatic N) is 5. The first-order valence-electron chi connectivity index (χ1n) is 12.4. The molecule has 6 rings (SSSR count). The molecule has 6 nitrogen and oxygen atoms in total. The Bertz CT molecular complexity index is 1570. The zero-order valence-corrected chi connectivity index (χ0v) is 21.3. The van der Waals surface area contributed by atoms with Crippen molar-refractivity contribution in [2.75, 3.05) is 31.1 Å². The van der Waals surface area contributed by atoms with Crippen molar-refractivity contribution in [1.82, 2.24) is 19.4 Å². The number of piperazine rings is 1. The molecule has 0 atom stereocenters. The topological polar surface area (TPSA) is 54.3 Å². The number of hydrogen-bond acceptors (Lipinski definition) is 4. The summed E-state index contributed by atoms with van der Waals surface area (Å²) < 4.78 is 2.08. The third kappa shape index (κ3) is 4.45. The van der Waals surface area contributed by atoms with Gasteiger partial charge in [0.25, 0.3) is 5.91 Å². The number of amides is 1. The van der Waals surface area contributed by atoms with E-state index >= 15 is 0 Å². The van der Waals surface area contributed by atoms with Gasteiger partial charge in [0, 0.05) is 54.2 Å². The minimum Gasteiger partial charge on any atom is -0.352 e. The number of benzene rings is 3. The van der Waals surface area contributed by atoms with Crippen LogP contribution in [0, 0.1) is 6.92 Å². The summed E-state index contributed by atoms with van der Waals surface area (Å²) in [5.41, 5.74) is 5.80. The Hall–Kier alpha value is -4.16. The van der Waals surface area contributed by atoms with Gasteiger partial charge in [0.05, 0.1) is 5.39 Å². The van der Waals surface area contributed by atoms with E-state index < -0.39 is 0 Å². The maximum Gasteiger partial charge on any atom is 0.253 e. The molecular weight excluding hydrogens is 482 g/mol. The molecule has 0 N–H and O–H groups in total. The van der Waals surface area contributed by atoms with Crippen LogP contribution in [0.1, 0.15) is 15.9 Å². The second-order valence-electron chi connectivity index (χ2n) is 9.30. The Labute approximate surface area is 220 Å². The Morgan fingerprint density at radius 3 is 2.35 bits per heavy atom. The van der Waals surface area contributed by atoms with Crippen molar-refractivity contribution >= 4 is 34.4 Å². The van der Waals surface area contributed by atoms with Crippen molar-refractivity contribution in [3.63, 3.8) is 0 Å². The van der Waals surface area contributed by atoms with E-state index in [0.717, 1.165) is 44.8 Å². The molecule has 1 aliphatic rings. The van der Waals surface area contributed by atoms with Crippen LogP contribution in [-0.4, -0.2) is 51.5 Å². The highest BCUT2D eigenvalue weighted by Gasteiger charge is 2.26. The van der Waals surface area contributed by atoms with Crippen molar-refractivity contribution in [2.24, 2.45) is 0 Å². The molecule has 3 aromatic carbocycles. The molecule has 1 fully saturated rings. The summed E-state index contributed by atoms with van der Waals surface area (Å²) >= 11 is 6.33. The van der Waals surface area contributed by atoms with Crippen molar-refractivity contribution < 1.29 is 4.79 Å². The molecule has 0 unspecified atom stereocenters. The number of hydrogen-bond donors (Lipinski definition) is 0. The molecule has 1 aliphatic heterocycles. The van der Waals surface area contributed by atoms with E-state index in [4.69, 9.17) is 21.6 Å². The predicted octanol–water partition coefficient (Wildman–Crippen LogP) is 6.01. The predicted molar refractivity (Wildman–Crippen MR) is 149 cm³/mol. The Morgan fingerprint density at radius 1 is 0.865 bits per heavy atom. The number of fused-ring (bicyclic) bond motifs is 1. The van der Waals surface area contributed by atoms with Crippen molar-refractivity contribution in [3.05, 3.63) is 108 Å². The molecule has 184 valence electrons. The van der Waals surface area contributed by atoms with E-state index in [1.54, 1.807) is 6.33 Å². The van der Waals surface area contributed by atoms with Gasteiger partial charge >= 0.3 is 0 Å². The van der Waals surface area contributed by atoms with E-state index in [1.165, 1.54) is 0 Å². The highest BCUT2D eigenvalue weighted by molar-refractivity contribution is 6.30. The molecular formula is C30H26ClN5O. The van der Waals surface area contributed by atoms with Gasteiger partial charge in [0.2, 0.25) is 0 Å². The molecule has 0 saturated carbocycles. The van der Waals surface area contributed by atoms with Crippen LogP contribution in [0.2, 0.25) is 5.02 Å². The molecule has 0 radical (unpaired) electrons. The van der Waals surface area contributed by atoms with Crippen LogP contribution in [0.4, 0.5) is 5.82 Å². The first kappa shape index (κ1) is 23.3. The molecule has 37 heavy (non-hydrogen) atoms. The SMILES string of the molecule is Cc1ccc(C(=O)N2CCN(c3ncnc4c3c(-c3ccccc3)cn4-c3cccc(Cl)c3)CC2)cc1. The third-order valence-corrected chi connectivity index (χ3v) is 7.13. The lowest BCUT2D eigenvalue weighted by Gasteiger charge is -2.35. The molecule has 0 aliphatic carbocycles. The Balaban J connectivity index is 1.37. The number of carbonyl (C=O) groups excluding carboxylic acids is 1. The summed E-state index contributed by atoms with van der Waals surface area (Å²) in [6, 6.07) is 25.8. The van der Waals surface area contributed by atoms with Crippen molar-refractivity contribution in [1.29, 1.82) is 0 Å². The maximum absolute atomic E-state index is 13.1. The van der Waals surface area contributed by atoms with Gasteiger partial charge in [-0.1, -0.05) is 65.7 Å².